The van der Waals surface area contributed by atoms with E-state index in [0.29, 0.717) is 46.8 Å². The molecule has 3 aliphatic rings. The minimum atomic E-state index is -0.866. The Labute approximate surface area is 240 Å². The lowest BCUT2D eigenvalue weighted by atomic mass is 9.83. The van der Waals surface area contributed by atoms with Crippen LogP contribution in [-0.2, 0) is 25.7 Å². The number of aromatic nitrogens is 1. The van der Waals surface area contributed by atoms with Crippen LogP contribution in [0.15, 0.2) is 58.4 Å². The van der Waals surface area contributed by atoms with Gasteiger partial charge in [0.2, 0.25) is 17.7 Å². The molecular formula is C26H21ClN4O7S2. The average Bonchev–Trinajstić information content (AvgIpc) is 3.40. The quantitative estimate of drug-likeness (QED) is 0.248. The third-order valence-corrected chi connectivity index (χ3v) is 10.1. The number of non-ortho nitro benzene ring substituents is 1. The summed E-state index contributed by atoms with van der Waals surface area (Å²) in [4.78, 5) is 67.5. The van der Waals surface area contributed by atoms with Crippen molar-refractivity contribution in [3.63, 3.8) is 0 Å². The molecule has 0 radical (unpaired) electrons. The Hall–Kier alpha value is -3.52. The van der Waals surface area contributed by atoms with Crippen molar-refractivity contribution in [1.82, 2.24) is 9.47 Å². The Morgan fingerprint density at radius 2 is 1.70 bits per heavy atom. The number of morpholine rings is 1. The van der Waals surface area contributed by atoms with E-state index in [1.807, 2.05) is 0 Å². The van der Waals surface area contributed by atoms with Crippen LogP contribution in [0.3, 0.4) is 0 Å². The summed E-state index contributed by atoms with van der Waals surface area (Å²) in [5, 5.41) is 11.2. The van der Waals surface area contributed by atoms with Crippen molar-refractivity contribution >= 4 is 63.8 Å². The Bertz CT molecular complexity index is 1580. The summed E-state index contributed by atoms with van der Waals surface area (Å²) in [5.74, 6) is -2.63. The molecular weight excluding hydrogens is 580 g/mol. The van der Waals surface area contributed by atoms with E-state index in [0.717, 1.165) is 28.0 Å². The van der Waals surface area contributed by atoms with Gasteiger partial charge in [-0.25, -0.2) is 4.90 Å². The van der Waals surface area contributed by atoms with Gasteiger partial charge in [-0.1, -0.05) is 46.8 Å². The van der Waals surface area contributed by atoms with E-state index in [1.54, 1.807) is 29.2 Å². The highest BCUT2D eigenvalue weighted by Gasteiger charge is 2.56. The Morgan fingerprint density at radius 1 is 1.02 bits per heavy atom. The van der Waals surface area contributed by atoms with Crippen LogP contribution >= 0.6 is 34.7 Å². The lowest BCUT2D eigenvalue weighted by molar-refractivity contribution is -0.384. The standard InChI is InChI=1S/C26H21ClN4O7S2/c27-15-3-1-14(2-4-15)19-20-21(24(34)30(23(20)33)16-5-7-17(8-6-16)31(36)37)39-25-22(19)40-26(35)29(25)13-18(32)28-9-11-38-12-10-28/h1-8,19-21H,9-13H2/t19-,20+,21-/m0/s1. The maximum atomic E-state index is 13.9. The second-order valence-corrected chi connectivity index (χ2v) is 12.1. The molecule has 3 amide bonds. The predicted octanol–water partition coefficient (Wildman–Crippen LogP) is 3.13. The molecule has 0 saturated carbocycles. The number of anilines is 1. The maximum Gasteiger partial charge on any atom is 0.308 e. The molecule has 4 heterocycles. The zero-order valence-electron chi connectivity index (χ0n) is 20.7. The minimum absolute atomic E-state index is 0.162. The van der Waals surface area contributed by atoms with Crippen molar-refractivity contribution in [3.05, 3.63) is 83.8 Å². The number of halogens is 1. The van der Waals surface area contributed by atoms with E-state index in [9.17, 15) is 29.3 Å². The molecule has 14 heteroatoms. The number of carbonyl (C=O) groups is 3. The van der Waals surface area contributed by atoms with Gasteiger partial charge in [0, 0.05) is 41.0 Å². The zero-order valence-corrected chi connectivity index (χ0v) is 23.1. The van der Waals surface area contributed by atoms with Gasteiger partial charge < -0.3 is 9.64 Å². The van der Waals surface area contributed by atoms with Gasteiger partial charge >= 0.3 is 4.87 Å². The number of nitro benzene ring substituents is 1. The smallest absolute Gasteiger partial charge is 0.308 e. The van der Waals surface area contributed by atoms with Crippen LogP contribution in [0.25, 0.3) is 0 Å². The fourth-order valence-corrected chi connectivity index (χ4v) is 8.21. The molecule has 0 bridgehead atoms. The SMILES string of the molecule is O=C(Cn1c2c(sc1=O)[C@@H](c1ccc(Cl)cc1)[C@H]1C(=O)N(c3ccc([N+](=O)[O-])cc3)C(=O)[C@H]1S2)N1CCOCC1. The Morgan fingerprint density at radius 3 is 2.35 bits per heavy atom. The van der Waals surface area contributed by atoms with E-state index in [1.165, 1.54) is 28.8 Å². The molecule has 2 saturated heterocycles. The summed E-state index contributed by atoms with van der Waals surface area (Å²) in [6.45, 7) is 1.53. The fraction of sp³-hybridized carbons (Fsp3) is 0.308. The normalized spacial score (nSPS) is 22.3. The van der Waals surface area contributed by atoms with Gasteiger partial charge in [0.15, 0.2) is 0 Å². The average molecular weight is 601 g/mol. The highest BCUT2D eigenvalue weighted by atomic mass is 35.5. The molecule has 1 aromatic heterocycles. The number of hydrogen-bond donors (Lipinski definition) is 0. The Balaban J connectivity index is 1.41. The summed E-state index contributed by atoms with van der Waals surface area (Å²) in [6, 6.07) is 12.1. The van der Waals surface area contributed by atoms with Gasteiger partial charge in [-0.2, -0.15) is 0 Å². The monoisotopic (exact) mass is 600 g/mol. The van der Waals surface area contributed by atoms with E-state index in [2.05, 4.69) is 0 Å². The number of nitrogens with zero attached hydrogens (tertiary/aromatic N) is 4. The molecule has 0 spiro atoms. The summed E-state index contributed by atoms with van der Waals surface area (Å²) >= 11 is 8.21. The third-order valence-electron chi connectivity index (χ3n) is 7.25. The van der Waals surface area contributed by atoms with Gasteiger partial charge in [-0.3, -0.25) is 33.9 Å². The number of thioether (sulfide) groups is 1. The first-order valence-electron chi connectivity index (χ1n) is 12.4. The van der Waals surface area contributed by atoms with E-state index < -0.39 is 33.8 Å². The fourth-order valence-electron chi connectivity index (χ4n) is 5.31. The lowest BCUT2D eigenvalue weighted by Gasteiger charge is -2.31. The van der Waals surface area contributed by atoms with E-state index in [-0.39, 0.29) is 28.7 Å². The predicted molar refractivity (Wildman–Crippen MR) is 148 cm³/mol. The number of rotatable bonds is 5. The second kappa shape index (κ2) is 10.5. The topological polar surface area (TPSA) is 132 Å². The van der Waals surface area contributed by atoms with E-state index in [4.69, 9.17) is 16.3 Å². The van der Waals surface area contributed by atoms with Crippen molar-refractivity contribution < 1.29 is 24.0 Å². The van der Waals surface area contributed by atoms with Gasteiger partial charge in [0.25, 0.3) is 5.69 Å². The molecule has 3 aliphatic heterocycles. The number of thiazole rings is 1. The van der Waals surface area contributed by atoms with Gasteiger partial charge in [0.05, 0.1) is 34.8 Å². The molecule has 0 aliphatic carbocycles. The molecule has 3 atom stereocenters. The van der Waals surface area contributed by atoms with Gasteiger partial charge in [-0.05, 0) is 29.8 Å². The molecule has 11 nitrogen and oxygen atoms in total. The first kappa shape index (κ1) is 26.7. The van der Waals surface area contributed by atoms with Crippen molar-refractivity contribution in [2.45, 2.75) is 22.7 Å². The van der Waals surface area contributed by atoms with Crippen LogP contribution in [0, 0.1) is 16.0 Å². The first-order chi connectivity index (χ1) is 19.2. The second-order valence-electron chi connectivity index (χ2n) is 9.50. The van der Waals surface area contributed by atoms with Crippen molar-refractivity contribution in [2.75, 3.05) is 31.2 Å². The molecule has 206 valence electrons. The number of hydrogen-bond acceptors (Lipinski definition) is 9. The molecule has 0 unspecified atom stereocenters. The Kier molecular flexibility index (Phi) is 6.98. The molecule has 2 aromatic carbocycles. The van der Waals surface area contributed by atoms with E-state index >= 15 is 0 Å². The molecule has 6 rings (SSSR count). The number of imide groups is 1. The van der Waals surface area contributed by atoms with Crippen molar-refractivity contribution in [3.8, 4) is 0 Å². The number of carbonyl (C=O) groups excluding carboxylic acids is 3. The van der Waals surface area contributed by atoms with Crippen LogP contribution in [0.4, 0.5) is 11.4 Å². The van der Waals surface area contributed by atoms with Crippen LogP contribution in [0.2, 0.25) is 5.02 Å². The molecule has 3 aromatic rings. The number of amides is 3. The number of fused-ring (bicyclic) bond motifs is 2. The number of nitro groups is 1. The van der Waals surface area contributed by atoms with Crippen molar-refractivity contribution in [1.29, 1.82) is 0 Å². The molecule has 40 heavy (non-hydrogen) atoms. The summed E-state index contributed by atoms with van der Waals surface area (Å²) in [5.41, 5.74) is 0.777. The lowest BCUT2D eigenvalue weighted by Crippen LogP contribution is -2.43. The van der Waals surface area contributed by atoms with Crippen LogP contribution in [0.5, 0.6) is 0 Å². The maximum absolute atomic E-state index is 13.9. The van der Waals surface area contributed by atoms with Gasteiger partial charge in [-0.15, -0.1) is 0 Å². The number of benzene rings is 2. The number of ether oxygens (including phenoxy) is 1. The zero-order chi connectivity index (χ0) is 28.1. The first-order valence-corrected chi connectivity index (χ1v) is 14.5. The highest BCUT2D eigenvalue weighted by molar-refractivity contribution is 8.00. The van der Waals surface area contributed by atoms with Crippen LogP contribution in [0.1, 0.15) is 16.4 Å². The van der Waals surface area contributed by atoms with Gasteiger partial charge in [0.1, 0.15) is 11.8 Å². The van der Waals surface area contributed by atoms with Crippen LogP contribution in [-0.4, -0.2) is 63.7 Å². The third kappa shape index (κ3) is 4.52. The minimum Gasteiger partial charge on any atom is -0.378 e. The summed E-state index contributed by atoms with van der Waals surface area (Å²) < 4.78 is 6.72. The largest absolute Gasteiger partial charge is 0.378 e. The molecule has 2 fully saturated rings. The summed E-state index contributed by atoms with van der Waals surface area (Å²) in [6.07, 6.45) is 0. The summed E-state index contributed by atoms with van der Waals surface area (Å²) in [7, 11) is 0. The van der Waals surface area contributed by atoms with Crippen molar-refractivity contribution in [2.24, 2.45) is 5.92 Å². The van der Waals surface area contributed by atoms with Crippen LogP contribution < -0.4 is 9.77 Å². The highest BCUT2D eigenvalue weighted by Crippen LogP contribution is 2.54. The molecule has 0 N–H and O–H groups in total.